The number of rotatable bonds is 4. The number of amidine groups is 1. The Morgan fingerprint density at radius 3 is 2.24 bits per heavy atom. The van der Waals surface area contributed by atoms with Crippen molar-refractivity contribution >= 4 is 11.9 Å². The normalized spacial score (nSPS) is 39.1. The van der Waals surface area contributed by atoms with Crippen LogP contribution in [0.3, 0.4) is 0 Å². The number of nitrogens with zero attached hydrogens (tertiary/aromatic N) is 1. The summed E-state index contributed by atoms with van der Waals surface area (Å²) < 4.78 is 0. The van der Waals surface area contributed by atoms with Crippen LogP contribution in [0.5, 0.6) is 0 Å². The fourth-order valence-electron chi connectivity index (χ4n) is 5.15. The Hall–Kier alpha value is -1.46. The third-order valence-electron chi connectivity index (χ3n) is 5.60. The zero-order chi connectivity index (χ0) is 15.0. The molecule has 2 amide bonds. The lowest BCUT2D eigenvalue weighted by molar-refractivity contribution is -0.0135. The molecule has 0 aromatic carbocycles. The van der Waals surface area contributed by atoms with E-state index in [1.54, 1.807) is 0 Å². The third kappa shape index (κ3) is 2.80. The Morgan fingerprint density at radius 1 is 1.29 bits per heavy atom. The second-order valence-corrected chi connectivity index (χ2v) is 7.28. The Labute approximate surface area is 125 Å². The number of urea groups is 1. The molecule has 0 spiro atoms. The van der Waals surface area contributed by atoms with Crippen LogP contribution in [0.2, 0.25) is 0 Å². The van der Waals surface area contributed by atoms with E-state index in [2.05, 4.69) is 15.8 Å². The van der Waals surface area contributed by atoms with Crippen LogP contribution >= 0.6 is 0 Å². The Kier molecular flexibility index (Phi) is 3.71. The van der Waals surface area contributed by atoms with Crippen LogP contribution in [0, 0.1) is 17.8 Å². The van der Waals surface area contributed by atoms with E-state index in [9.17, 15) is 4.79 Å². The van der Waals surface area contributed by atoms with Crippen molar-refractivity contribution in [2.75, 3.05) is 0 Å². The molecular weight excluding hydrogens is 268 g/mol. The number of nitrogens with one attached hydrogen (secondary N) is 2. The van der Waals surface area contributed by atoms with E-state index in [1.807, 2.05) is 6.92 Å². The van der Waals surface area contributed by atoms with Gasteiger partial charge in [0.25, 0.3) is 0 Å². The summed E-state index contributed by atoms with van der Waals surface area (Å²) in [6, 6.07) is -0.598. The first-order chi connectivity index (χ1) is 10.0. The predicted octanol–water partition coefficient (Wildman–Crippen LogP) is 1.78. The summed E-state index contributed by atoms with van der Waals surface area (Å²) in [4.78, 5) is 12.3. The molecule has 0 aromatic heterocycles. The van der Waals surface area contributed by atoms with Crippen molar-refractivity contribution in [2.24, 2.45) is 28.6 Å². The average molecular weight is 294 g/mol. The first-order valence-electron chi connectivity index (χ1n) is 8.09. The molecule has 0 radical (unpaired) electrons. The van der Waals surface area contributed by atoms with Gasteiger partial charge in [0.2, 0.25) is 0 Å². The number of nitrogens with two attached hydrogens (primary N) is 1. The topological polar surface area (TPSA) is 99.7 Å². The van der Waals surface area contributed by atoms with Crippen LogP contribution in [0.4, 0.5) is 4.79 Å². The predicted molar refractivity (Wildman–Crippen MR) is 80.1 cm³/mol. The van der Waals surface area contributed by atoms with Gasteiger partial charge < -0.3 is 21.6 Å². The second-order valence-electron chi connectivity index (χ2n) is 7.28. The fourth-order valence-corrected chi connectivity index (χ4v) is 5.15. The highest BCUT2D eigenvalue weighted by Gasteiger charge is 2.51. The van der Waals surface area contributed by atoms with Crippen LogP contribution in [-0.2, 0) is 0 Å². The molecule has 0 heterocycles. The molecule has 1 atom stereocenters. The monoisotopic (exact) mass is 294 g/mol. The van der Waals surface area contributed by atoms with Gasteiger partial charge >= 0.3 is 6.03 Å². The first-order valence-corrected chi connectivity index (χ1v) is 8.09. The largest absolute Gasteiger partial charge is 0.409 e. The van der Waals surface area contributed by atoms with E-state index >= 15 is 0 Å². The minimum absolute atomic E-state index is 0.0117. The first kappa shape index (κ1) is 14.5. The van der Waals surface area contributed by atoms with Gasteiger partial charge in [-0.15, -0.1) is 0 Å². The zero-order valence-electron chi connectivity index (χ0n) is 12.6. The van der Waals surface area contributed by atoms with Gasteiger partial charge in [-0.05, 0) is 62.7 Å². The van der Waals surface area contributed by atoms with Gasteiger partial charge in [0, 0.05) is 5.54 Å². The number of hydrogen-bond acceptors (Lipinski definition) is 3. The van der Waals surface area contributed by atoms with Crippen LogP contribution in [0.1, 0.15) is 51.9 Å². The van der Waals surface area contributed by atoms with Crippen LogP contribution < -0.4 is 16.4 Å². The van der Waals surface area contributed by atoms with Crippen molar-refractivity contribution < 1.29 is 10.0 Å². The smallest absolute Gasteiger partial charge is 0.315 e. The second kappa shape index (κ2) is 5.39. The lowest BCUT2D eigenvalue weighted by atomic mass is 9.53. The molecule has 4 rings (SSSR count). The number of amides is 2. The third-order valence-corrected chi connectivity index (χ3v) is 5.60. The molecule has 6 nitrogen and oxygen atoms in total. The molecule has 0 aliphatic heterocycles. The van der Waals surface area contributed by atoms with Crippen LogP contribution in [-0.4, -0.2) is 28.7 Å². The van der Waals surface area contributed by atoms with Gasteiger partial charge in [-0.2, -0.15) is 0 Å². The fraction of sp³-hybridized carbons (Fsp3) is 0.867. The molecule has 21 heavy (non-hydrogen) atoms. The van der Waals surface area contributed by atoms with Gasteiger partial charge in [0.15, 0.2) is 5.84 Å². The van der Waals surface area contributed by atoms with Crippen molar-refractivity contribution in [1.82, 2.24) is 10.6 Å². The van der Waals surface area contributed by atoms with Gasteiger partial charge in [0.1, 0.15) is 0 Å². The van der Waals surface area contributed by atoms with E-state index in [4.69, 9.17) is 10.9 Å². The molecule has 118 valence electrons. The molecule has 4 aliphatic rings. The summed E-state index contributed by atoms with van der Waals surface area (Å²) in [6.07, 6.45) is 8.01. The highest BCUT2D eigenvalue weighted by molar-refractivity contribution is 5.89. The van der Waals surface area contributed by atoms with E-state index in [-0.39, 0.29) is 17.4 Å². The Balaban J connectivity index is 1.62. The van der Waals surface area contributed by atoms with Crippen LogP contribution in [0.15, 0.2) is 5.16 Å². The SMILES string of the molecule is CCC(NC(=O)NC12CC3CC(CC(C3)C1)C2)/C(N)=N/O. The van der Waals surface area contributed by atoms with Gasteiger partial charge in [-0.25, -0.2) is 4.79 Å². The minimum Gasteiger partial charge on any atom is -0.409 e. The maximum absolute atomic E-state index is 12.3. The van der Waals surface area contributed by atoms with Gasteiger partial charge in [0.05, 0.1) is 6.04 Å². The molecule has 4 saturated carbocycles. The molecular formula is C15H26N4O2. The quantitative estimate of drug-likeness (QED) is 0.275. The molecule has 6 heteroatoms. The van der Waals surface area contributed by atoms with Crippen molar-refractivity contribution in [1.29, 1.82) is 0 Å². The Bertz CT molecular complexity index is 414. The average Bonchev–Trinajstić information content (AvgIpc) is 2.41. The molecule has 4 fully saturated rings. The summed E-state index contributed by atoms with van der Waals surface area (Å²) in [5, 5.41) is 17.8. The van der Waals surface area contributed by atoms with Crippen LogP contribution in [0.25, 0.3) is 0 Å². The standard InChI is InChI=1S/C15H26N4O2/c1-2-12(13(16)19-21)17-14(20)18-15-6-9-3-10(7-15)5-11(4-9)8-15/h9-12,21H,2-8H2,1H3,(H2,16,19)(H2,17,18,20). The van der Waals surface area contributed by atoms with Crippen molar-refractivity contribution in [3.05, 3.63) is 0 Å². The summed E-state index contributed by atoms with van der Waals surface area (Å²) in [5.41, 5.74) is 5.58. The zero-order valence-corrected chi connectivity index (χ0v) is 12.6. The molecule has 0 aromatic rings. The molecule has 1 unspecified atom stereocenters. The van der Waals surface area contributed by atoms with E-state index in [1.165, 1.54) is 19.3 Å². The summed E-state index contributed by atoms with van der Waals surface area (Å²) >= 11 is 0. The highest BCUT2D eigenvalue weighted by Crippen LogP contribution is 2.55. The molecule has 0 saturated heterocycles. The minimum atomic E-state index is -0.413. The number of carbonyl (C=O) groups excluding carboxylic acids is 1. The van der Waals surface area contributed by atoms with E-state index in [0.717, 1.165) is 37.0 Å². The lowest BCUT2D eigenvalue weighted by Crippen LogP contribution is -2.62. The Morgan fingerprint density at radius 2 is 1.81 bits per heavy atom. The summed E-state index contributed by atoms with van der Waals surface area (Å²) in [7, 11) is 0. The van der Waals surface area contributed by atoms with E-state index < -0.39 is 6.04 Å². The van der Waals surface area contributed by atoms with Crippen molar-refractivity contribution in [3.63, 3.8) is 0 Å². The van der Waals surface area contributed by atoms with E-state index in [0.29, 0.717) is 6.42 Å². The summed E-state index contributed by atoms with van der Waals surface area (Å²) in [5.74, 6) is 2.44. The highest BCUT2D eigenvalue weighted by atomic mass is 16.4. The van der Waals surface area contributed by atoms with Crippen molar-refractivity contribution in [3.8, 4) is 0 Å². The maximum atomic E-state index is 12.3. The maximum Gasteiger partial charge on any atom is 0.315 e. The number of carbonyl (C=O) groups is 1. The van der Waals surface area contributed by atoms with Gasteiger partial charge in [-0.3, -0.25) is 0 Å². The molecule has 5 N–H and O–H groups in total. The van der Waals surface area contributed by atoms with Gasteiger partial charge in [-0.1, -0.05) is 12.1 Å². The van der Waals surface area contributed by atoms with Crippen molar-refractivity contribution in [2.45, 2.75) is 63.5 Å². The summed E-state index contributed by atoms with van der Waals surface area (Å²) in [6.45, 7) is 1.90. The number of oxime groups is 1. The molecule has 4 bridgehead atoms. The number of hydrogen-bond donors (Lipinski definition) is 4. The lowest BCUT2D eigenvalue weighted by Gasteiger charge is -2.56. The molecule has 4 aliphatic carbocycles.